The van der Waals surface area contributed by atoms with Crippen LogP contribution in [-0.2, 0) is 16.1 Å². The topological polar surface area (TPSA) is 113 Å². The van der Waals surface area contributed by atoms with Crippen molar-refractivity contribution in [2.45, 2.75) is 6.61 Å². The number of aromatic nitrogens is 5. The third kappa shape index (κ3) is 4.32. The summed E-state index contributed by atoms with van der Waals surface area (Å²) in [4.78, 5) is 25.3. The van der Waals surface area contributed by atoms with Crippen molar-refractivity contribution in [1.29, 1.82) is 0 Å². The normalized spacial score (nSPS) is 11.1. The molecule has 0 bridgehead atoms. The molecule has 1 N–H and O–H groups in total. The van der Waals surface area contributed by atoms with Crippen LogP contribution in [0.3, 0.4) is 0 Å². The number of nitrogens with one attached hydrogen (secondary N) is 1. The highest BCUT2D eigenvalue weighted by Gasteiger charge is 2.20. The number of amides is 1. The Hall–Kier alpha value is -4.64. The third-order valence-electron chi connectivity index (χ3n) is 5.22. The van der Waals surface area contributed by atoms with Gasteiger partial charge in [0.1, 0.15) is 17.1 Å². The predicted molar refractivity (Wildman–Crippen MR) is 125 cm³/mol. The molecule has 10 nitrogen and oxygen atoms in total. The van der Waals surface area contributed by atoms with Crippen molar-refractivity contribution in [3.8, 4) is 16.9 Å². The lowest BCUT2D eigenvalue weighted by Gasteiger charge is -2.10. The monoisotopic (exact) mass is 474 g/mol. The lowest BCUT2D eigenvalue weighted by Crippen LogP contribution is -2.35. The molecule has 0 spiro atoms. The Kier molecular flexibility index (Phi) is 5.90. The lowest BCUT2D eigenvalue weighted by atomic mass is 10.1. The maximum Gasteiger partial charge on any atom is 0.299 e. The molecule has 0 saturated carbocycles. The van der Waals surface area contributed by atoms with E-state index < -0.39 is 11.5 Å². The highest BCUT2D eigenvalue weighted by Crippen LogP contribution is 2.29. The van der Waals surface area contributed by atoms with Crippen LogP contribution >= 0.6 is 0 Å². The SMILES string of the molecule is COCc1nn2c(nnc3c(=O)n(NC(=O)COc4ccccc4)ccc32)c1-c1ccc(F)cc1. The minimum absolute atomic E-state index is 0.00130. The molecule has 1 amide bonds. The second-order valence-corrected chi connectivity index (χ2v) is 7.56. The summed E-state index contributed by atoms with van der Waals surface area (Å²) in [6.07, 6.45) is 1.40. The number of carbonyl (C=O) groups excluding carboxylic acids is 1. The molecular formula is C24H19FN6O4. The quantitative estimate of drug-likeness (QED) is 0.386. The fraction of sp³-hybridized carbons (Fsp3) is 0.125. The van der Waals surface area contributed by atoms with E-state index in [9.17, 15) is 14.0 Å². The van der Waals surface area contributed by atoms with Gasteiger partial charge in [0.2, 0.25) is 0 Å². The number of para-hydroxylation sites is 1. The van der Waals surface area contributed by atoms with Crippen LogP contribution in [0.5, 0.6) is 5.75 Å². The molecule has 2 aromatic carbocycles. The zero-order valence-electron chi connectivity index (χ0n) is 18.5. The van der Waals surface area contributed by atoms with E-state index in [-0.39, 0.29) is 24.5 Å². The van der Waals surface area contributed by atoms with Gasteiger partial charge < -0.3 is 9.47 Å². The fourth-order valence-corrected chi connectivity index (χ4v) is 3.66. The summed E-state index contributed by atoms with van der Waals surface area (Å²) in [7, 11) is 1.53. The van der Waals surface area contributed by atoms with Crippen molar-refractivity contribution >= 4 is 22.6 Å². The van der Waals surface area contributed by atoms with Gasteiger partial charge in [0.05, 0.1) is 17.9 Å². The minimum atomic E-state index is -0.586. The Morgan fingerprint density at radius 2 is 1.83 bits per heavy atom. The first-order valence-electron chi connectivity index (χ1n) is 10.6. The van der Waals surface area contributed by atoms with Gasteiger partial charge in [0.25, 0.3) is 11.5 Å². The molecule has 0 aliphatic carbocycles. The zero-order chi connectivity index (χ0) is 24.4. The largest absolute Gasteiger partial charge is 0.484 e. The van der Waals surface area contributed by atoms with Gasteiger partial charge in [-0.1, -0.05) is 30.3 Å². The molecule has 3 heterocycles. The van der Waals surface area contributed by atoms with Crippen molar-refractivity contribution in [3.05, 3.63) is 88.7 Å². The summed E-state index contributed by atoms with van der Waals surface area (Å²) in [6.45, 7) is -0.105. The van der Waals surface area contributed by atoms with Gasteiger partial charge in [-0.2, -0.15) is 5.10 Å². The molecule has 0 aliphatic heterocycles. The van der Waals surface area contributed by atoms with E-state index in [1.807, 2.05) is 6.07 Å². The van der Waals surface area contributed by atoms with E-state index in [1.165, 1.54) is 30.0 Å². The van der Waals surface area contributed by atoms with Crippen LogP contribution < -0.4 is 15.7 Å². The predicted octanol–water partition coefficient (Wildman–Crippen LogP) is 2.54. The highest BCUT2D eigenvalue weighted by atomic mass is 19.1. The van der Waals surface area contributed by atoms with Gasteiger partial charge in [0.15, 0.2) is 17.8 Å². The van der Waals surface area contributed by atoms with Gasteiger partial charge in [-0.3, -0.25) is 15.0 Å². The van der Waals surface area contributed by atoms with Crippen molar-refractivity contribution in [1.82, 2.24) is 24.5 Å². The Balaban J connectivity index is 1.50. The summed E-state index contributed by atoms with van der Waals surface area (Å²) >= 11 is 0. The van der Waals surface area contributed by atoms with Crippen molar-refractivity contribution in [3.63, 3.8) is 0 Å². The van der Waals surface area contributed by atoms with E-state index >= 15 is 0 Å². The Morgan fingerprint density at radius 1 is 1.06 bits per heavy atom. The molecular weight excluding hydrogens is 455 g/mol. The number of pyridine rings is 1. The summed E-state index contributed by atoms with van der Waals surface area (Å²) in [5, 5.41) is 12.9. The number of rotatable bonds is 7. The minimum Gasteiger partial charge on any atom is -0.484 e. The molecule has 11 heteroatoms. The van der Waals surface area contributed by atoms with Crippen LogP contribution in [0.4, 0.5) is 4.39 Å². The summed E-state index contributed by atoms with van der Waals surface area (Å²) in [5.74, 6) is -0.361. The number of methoxy groups -OCH3 is 1. The zero-order valence-corrected chi connectivity index (χ0v) is 18.5. The second kappa shape index (κ2) is 9.31. The third-order valence-corrected chi connectivity index (χ3v) is 5.22. The number of ether oxygens (including phenoxy) is 2. The summed E-state index contributed by atoms with van der Waals surface area (Å²) in [5.41, 5.74) is 4.52. The maximum absolute atomic E-state index is 13.5. The number of nitrogens with zero attached hydrogens (tertiary/aromatic N) is 5. The van der Waals surface area contributed by atoms with Gasteiger partial charge >= 0.3 is 0 Å². The first kappa shape index (κ1) is 22.2. The fourth-order valence-electron chi connectivity index (χ4n) is 3.66. The van der Waals surface area contributed by atoms with Crippen LogP contribution in [0.15, 0.2) is 71.7 Å². The number of fused-ring (bicyclic) bond motifs is 3. The van der Waals surface area contributed by atoms with Gasteiger partial charge in [0, 0.05) is 13.3 Å². The van der Waals surface area contributed by atoms with Crippen LogP contribution in [0.25, 0.3) is 27.8 Å². The molecule has 0 aliphatic rings. The molecule has 0 radical (unpaired) electrons. The van der Waals surface area contributed by atoms with Crippen LogP contribution in [0.2, 0.25) is 0 Å². The standard InChI is InChI=1S/C24H19FN6O4/c1-34-13-18-21(15-7-9-16(25)10-8-15)23-27-26-22-19(31(23)28-18)11-12-30(24(22)33)29-20(32)14-35-17-5-3-2-4-6-17/h2-12H,13-14H2,1H3,(H,29,32). The van der Waals surface area contributed by atoms with Crippen LogP contribution in [0, 0.1) is 5.82 Å². The van der Waals surface area contributed by atoms with Crippen LogP contribution in [0.1, 0.15) is 5.69 Å². The smallest absolute Gasteiger partial charge is 0.299 e. The van der Waals surface area contributed by atoms with Crippen molar-refractivity contribution < 1.29 is 18.7 Å². The van der Waals surface area contributed by atoms with E-state index in [2.05, 4.69) is 20.7 Å². The first-order chi connectivity index (χ1) is 17.0. The van der Waals surface area contributed by atoms with Gasteiger partial charge in [-0.15, -0.1) is 10.2 Å². The molecule has 176 valence electrons. The van der Waals surface area contributed by atoms with E-state index in [0.29, 0.717) is 33.7 Å². The van der Waals surface area contributed by atoms with E-state index in [4.69, 9.17) is 9.47 Å². The average molecular weight is 474 g/mol. The Labute approximate surface area is 197 Å². The van der Waals surface area contributed by atoms with Gasteiger partial charge in [-0.25, -0.2) is 13.6 Å². The Bertz CT molecular complexity index is 1580. The number of carbonyl (C=O) groups is 1. The summed E-state index contributed by atoms with van der Waals surface area (Å²) in [6, 6.07) is 16.3. The number of hydrogen-bond acceptors (Lipinski definition) is 7. The molecule has 0 saturated heterocycles. The van der Waals surface area contributed by atoms with Gasteiger partial charge in [-0.05, 0) is 35.9 Å². The molecule has 0 fully saturated rings. The molecule has 5 aromatic rings. The first-order valence-corrected chi connectivity index (χ1v) is 10.6. The maximum atomic E-state index is 13.5. The molecule has 35 heavy (non-hydrogen) atoms. The number of benzene rings is 2. The Morgan fingerprint density at radius 3 is 2.57 bits per heavy atom. The summed E-state index contributed by atoms with van der Waals surface area (Å²) < 4.78 is 26.6. The van der Waals surface area contributed by atoms with Crippen molar-refractivity contribution in [2.75, 3.05) is 19.1 Å². The lowest BCUT2D eigenvalue weighted by molar-refractivity contribution is -0.119. The molecule has 5 rings (SSSR count). The van der Waals surface area contributed by atoms with Crippen molar-refractivity contribution in [2.24, 2.45) is 0 Å². The molecule has 3 aromatic heterocycles. The van der Waals surface area contributed by atoms with E-state index in [1.54, 1.807) is 42.5 Å². The van der Waals surface area contributed by atoms with E-state index in [0.717, 1.165) is 4.68 Å². The van der Waals surface area contributed by atoms with Crippen LogP contribution in [-0.4, -0.2) is 44.1 Å². The highest BCUT2D eigenvalue weighted by molar-refractivity contribution is 5.86. The number of halogens is 1. The molecule has 0 unspecified atom stereocenters. The molecule has 0 atom stereocenters. The second-order valence-electron chi connectivity index (χ2n) is 7.56. The average Bonchev–Trinajstić information content (AvgIpc) is 3.24. The number of hydrogen-bond donors (Lipinski definition) is 1.